The van der Waals surface area contributed by atoms with Crippen LogP contribution in [0.5, 0.6) is 0 Å². The van der Waals surface area contributed by atoms with Crippen LogP contribution in [0.4, 0.5) is 5.82 Å². The van der Waals surface area contributed by atoms with Crippen molar-refractivity contribution < 1.29 is 0 Å². The van der Waals surface area contributed by atoms with Gasteiger partial charge in [0.05, 0.1) is 5.69 Å². The Hall–Kier alpha value is -1.71. The van der Waals surface area contributed by atoms with Gasteiger partial charge in [-0.1, -0.05) is 13.8 Å². The molecule has 0 amide bonds. The van der Waals surface area contributed by atoms with Gasteiger partial charge in [-0.05, 0) is 24.8 Å². The summed E-state index contributed by atoms with van der Waals surface area (Å²) in [7, 11) is 0. The summed E-state index contributed by atoms with van der Waals surface area (Å²) in [4.78, 5) is 6.57. The molecule has 0 bridgehead atoms. The third-order valence-electron chi connectivity index (χ3n) is 3.54. The maximum Gasteiger partial charge on any atom is 0.160 e. The third-order valence-corrected chi connectivity index (χ3v) is 3.54. The Kier molecular flexibility index (Phi) is 2.86. The molecule has 3 rings (SSSR count). The standard InChI is InChI=1S/C14H18N4/c1-10(2)13-11-5-6-15-9-12(11)14(17-16-13)18-7-3-4-8-18/h5-6,9-10H,3-4,7-8H2,1-2H3. The van der Waals surface area contributed by atoms with Gasteiger partial charge in [0.1, 0.15) is 0 Å². The first-order valence-electron chi connectivity index (χ1n) is 6.62. The van der Waals surface area contributed by atoms with E-state index in [1.807, 2.05) is 12.4 Å². The molecule has 18 heavy (non-hydrogen) atoms. The van der Waals surface area contributed by atoms with Crippen LogP contribution in [0.2, 0.25) is 0 Å². The highest BCUT2D eigenvalue weighted by Crippen LogP contribution is 2.29. The lowest BCUT2D eigenvalue weighted by Crippen LogP contribution is -2.20. The molecule has 2 aromatic rings. The fourth-order valence-electron chi connectivity index (χ4n) is 2.59. The van der Waals surface area contributed by atoms with E-state index in [0.29, 0.717) is 5.92 Å². The number of aromatic nitrogens is 3. The first-order chi connectivity index (χ1) is 8.77. The second-order valence-electron chi connectivity index (χ2n) is 5.18. The van der Waals surface area contributed by atoms with Crippen molar-refractivity contribution in [1.82, 2.24) is 15.2 Å². The molecule has 1 saturated heterocycles. The second kappa shape index (κ2) is 4.52. The van der Waals surface area contributed by atoms with Crippen LogP contribution < -0.4 is 4.90 Å². The van der Waals surface area contributed by atoms with E-state index < -0.39 is 0 Å². The average Bonchev–Trinajstić information content (AvgIpc) is 2.91. The smallest absolute Gasteiger partial charge is 0.160 e. The van der Waals surface area contributed by atoms with Crippen LogP contribution in [-0.2, 0) is 0 Å². The van der Waals surface area contributed by atoms with E-state index in [4.69, 9.17) is 0 Å². The number of rotatable bonds is 2. The molecule has 0 saturated carbocycles. The number of fused-ring (bicyclic) bond motifs is 1. The van der Waals surface area contributed by atoms with Crippen molar-refractivity contribution >= 4 is 16.6 Å². The Morgan fingerprint density at radius 1 is 1.11 bits per heavy atom. The van der Waals surface area contributed by atoms with Gasteiger partial charge in [0.15, 0.2) is 5.82 Å². The van der Waals surface area contributed by atoms with Crippen LogP contribution >= 0.6 is 0 Å². The molecule has 1 fully saturated rings. The normalized spacial score (nSPS) is 15.8. The lowest BCUT2D eigenvalue weighted by atomic mass is 10.0. The lowest BCUT2D eigenvalue weighted by molar-refractivity contribution is 0.789. The molecule has 1 aliphatic rings. The van der Waals surface area contributed by atoms with Gasteiger partial charge in [-0.2, -0.15) is 5.10 Å². The molecule has 0 N–H and O–H groups in total. The molecule has 0 spiro atoms. The highest BCUT2D eigenvalue weighted by Gasteiger charge is 2.19. The predicted molar refractivity (Wildman–Crippen MR) is 72.9 cm³/mol. The Bertz CT molecular complexity index is 559. The number of pyridine rings is 1. The summed E-state index contributed by atoms with van der Waals surface area (Å²) in [6.07, 6.45) is 6.25. The zero-order chi connectivity index (χ0) is 12.5. The van der Waals surface area contributed by atoms with Gasteiger partial charge in [-0.3, -0.25) is 4.98 Å². The Morgan fingerprint density at radius 2 is 1.89 bits per heavy atom. The topological polar surface area (TPSA) is 41.9 Å². The molecule has 0 atom stereocenters. The SMILES string of the molecule is CC(C)c1nnc(N2CCCC2)c2cnccc12. The van der Waals surface area contributed by atoms with Crippen molar-refractivity contribution in [2.75, 3.05) is 18.0 Å². The van der Waals surface area contributed by atoms with Crippen LogP contribution in [0.15, 0.2) is 18.5 Å². The molecule has 0 aliphatic carbocycles. The van der Waals surface area contributed by atoms with Crippen LogP contribution in [0.3, 0.4) is 0 Å². The van der Waals surface area contributed by atoms with Gasteiger partial charge in [0.25, 0.3) is 0 Å². The molecule has 0 radical (unpaired) electrons. The quantitative estimate of drug-likeness (QED) is 0.812. The summed E-state index contributed by atoms with van der Waals surface area (Å²) in [6, 6.07) is 2.05. The van der Waals surface area contributed by atoms with E-state index in [9.17, 15) is 0 Å². The zero-order valence-electron chi connectivity index (χ0n) is 10.9. The number of hydrogen-bond acceptors (Lipinski definition) is 4. The van der Waals surface area contributed by atoms with E-state index >= 15 is 0 Å². The van der Waals surface area contributed by atoms with Crippen molar-refractivity contribution in [2.24, 2.45) is 0 Å². The Labute approximate surface area is 107 Å². The molecule has 4 nitrogen and oxygen atoms in total. The molecule has 94 valence electrons. The summed E-state index contributed by atoms with van der Waals surface area (Å²) in [5.41, 5.74) is 1.07. The van der Waals surface area contributed by atoms with Crippen LogP contribution in [0.25, 0.3) is 10.8 Å². The number of anilines is 1. The number of nitrogens with zero attached hydrogens (tertiary/aromatic N) is 4. The van der Waals surface area contributed by atoms with Crippen molar-refractivity contribution in [1.29, 1.82) is 0 Å². The summed E-state index contributed by atoms with van der Waals surface area (Å²) in [5.74, 6) is 1.38. The summed E-state index contributed by atoms with van der Waals surface area (Å²) < 4.78 is 0. The maximum absolute atomic E-state index is 4.45. The molecule has 3 heterocycles. The minimum atomic E-state index is 0.384. The molecule has 0 unspecified atom stereocenters. The van der Waals surface area contributed by atoms with Crippen molar-refractivity contribution in [2.45, 2.75) is 32.6 Å². The first kappa shape index (κ1) is 11.4. The van der Waals surface area contributed by atoms with Gasteiger partial charge in [-0.25, -0.2) is 0 Å². The number of hydrogen-bond donors (Lipinski definition) is 0. The molecule has 2 aromatic heterocycles. The van der Waals surface area contributed by atoms with E-state index in [0.717, 1.165) is 30.0 Å². The fourth-order valence-corrected chi connectivity index (χ4v) is 2.59. The minimum absolute atomic E-state index is 0.384. The van der Waals surface area contributed by atoms with Gasteiger partial charge < -0.3 is 4.90 Å². The highest BCUT2D eigenvalue weighted by atomic mass is 15.3. The average molecular weight is 242 g/mol. The lowest BCUT2D eigenvalue weighted by Gasteiger charge is -2.19. The van der Waals surface area contributed by atoms with E-state index in [1.54, 1.807) is 0 Å². The molecule has 4 heteroatoms. The summed E-state index contributed by atoms with van der Waals surface area (Å²) in [5, 5.41) is 11.2. The van der Waals surface area contributed by atoms with Crippen LogP contribution in [-0.4, -0.2) is 28.3 Å². The Morgan fingerprint density at radius 3 is 2.61 bits per heavy atom. The maximum atomic E-state index is 4.45. The Balaban J connectivity index is 2.19. The van der Waals surface area contributed by atoms with Gasteiger partial charge in [0.2, 0.25) is 0 Å². The fraction of sp³-hybridized carbons (Fsp3) is 0.500. The van der Waals surface area contributed by atoms with Crippen molar-refractivity contribution in [3.63, 3.8) is 0 Å². The van der Waals surface area contributed by atoms with E-state index in [2.05, 4.69) is 40.0 Å². The van der Waals surface area contributed by atoms with E-state index in [-0.39, 0.29) is 0 Å². The second-order valence-corrected chi connectivity index (χ2v) is 5.18. The minimum Gasteiger partial charge on any atom is -0.355 e. The van der Waals surface area contributed by atoms with Crippen LogP contribution in [0.1, 0.15) is 38.3 Å². The molecular formula is C14H18N4. The third kappa shape index (κ3) is 1.82. The summed E-state index contributed by atoms with van der Waals surface area (Å²) in [6.45, 7) is 6.47. The highest BCUT2D eigenvalue weighted by molar-refractivity contribution is 5.93. The van der Waals surface area contributed by atoms with Gasteiger partial charge in [-0.15, -0.1) is 5.10 Å². The first-order valence-corrected chi connectivity index (χ1v) is 6.62. The molecular weight excluding hydrogens is 224 g/mol. The van der Waals surface area contributed by atoms with Gasteiger partial charge in [0, 0.05) is 36.3 Å². The molecule has 1 aliphatic heterocycles. The van der Waals surface area contributed by atoms with Crippen molar-refractivity contribution in [3.05, 3.63) is 24.2 Å². The predicted octanol–water partition coefficient (Wildman–Crippen LogP) is 2.75. The van der Waals surface area contributed by atoms with E-state index in [1.165, 1.54) is 18.2 Å². The summed E-state index contributed by atoms with van der Waals surface area (Å²) >= 11 is 0. The monoisotopic (exact) mass is 242 g/mol. The van der Waals surface area contributed by atoms with Crippen LogP contribution in [0, 0.1) is 0 Å². The zero-order valence-corrected chi connectivity index (χ0v) is 10.9. The van der Waals surface area contributed by atoms with Crippen molar-refractivity contribution in [3.8, 4) is 0 Å². The van der Waals surface area contributed by atoms with Gasteiger partial charge >= 0.3 is 0 Å². The molecule has 0 aromatic carbocycles. The largest absolute Gasteiger partial charge is 0.355 e.